The summed E-state index contributed by atoms with van der Waals surface area (Å²) in [5.74, 6) is -0.203. The molecule has 248 valence electrons. The zero-order valence-corrected chi connectivity index (χ0v) is 28.2. The molecule has 0 spiro atoms. The summed E-state index contributed by atoms with van der Waals surface area (Å²) in [6.45, 7) is 10.7. The zero-order valence-electron chi connectivity index (χ0n) is 28.2. The van der Waals surface area contributed by atoms with Gasteiger partial charge in [-0.1, -0.05) is 32.4 Å². The molecule has 2 aromatic carbocycles. The van der Waals surface area contributed by atoms with Crippen molar-refractivity contribution < 1.29 is 14.0 Å². The molecule has 3 heterocycles. The molecule has 2 N–H and O–H groups in total. The average Bonchev–Trinajstić information content (AvgIpc) is 3.50. The predicted octanol–water partition coefficient (Wildman–Crippen LogP) is 6.99. The topological polar surface area (TPSA) is 95.4 Å². The number of anilines is 3. The molecule has 2 aliphatic rings. The number of pyridine rings is 1. The first kappa shape index (κ1) is 32.6. The second kappa shape index (κ2) is 13.8. The number of nitrogens with zero attached hydrogens (tertiary/aromatic N) is 5. The van der Waals surface area contributed by atoms with Gasteiger partial charge in [0.25, 0.3) is 5.91 Å². The van der Waals surface area contributed by atoms with E-state index in [0.29, 0.717) is 47.2 Å². The normalized spacial score (nSPS) is 18.2. The lowest BCUT2D eigenvalue weighted by Crippen LogP contribution is -2.56. The number of benzene rings is 2. The summed E-state index contributed by atoms with van der Waals surface area (Å²) < 4.78 is 17.3. The van der Waals surface area contributed by atoms with Gasteiger partial charge in [0, 0.05) is 48.9 Å². The molecule has 1 saturated carbocycles. The SMILES string of the molecule is CCC(=O)N(c1cc(-c2cc3ncn(CC)c3c(Nc3cc(C(=O)NC)c(C)cc3F)n2)ccc1CC)C1CC(N2CCCCC2)C1. The monoisotopic (exact) mass is 639 g/mol. The molecule has 4 aromatic rings. The molecule has 2 aromatic heterocycles. The van der Waals surface area contributed by atoms with Crippen molar-refractivity contribution in [1.82, 2.24) is 24.8 Å². The highest BCUT2D eigenvalue weighted by Gasteiger charge is 2.40. The Morgan fingerprint density at radius 1 is 1.04 bits per heavy atom. The molecule has 2 fully saturated rings. The van der Waals surface area contributed by atoms with E-state index in [1.165, 1.54) is 31.4 Å². The fraction of sp³-hybridized carbons (Fsp3) is 0.459. The van der Waals surface area contributed by atoms with Crippen molar-refractivity contribution in [3.05, 3.63) is 65.2 Å². The van der Waals surface area contributed by atoms with E-state index in [1.54, 1.807) is 20.3 Å². The minimum atomic E-state index is -0.482. The lowest BCUT2D eigenvalue weighted by Gasteiger charge is -2.49. The minimum absolute atomic E-state index is 0.133. The number of carbonyl (C=O) groups excluding carboxylic acids is 2. The molecular weight excluding hydrogens is 593 g/mol. The summed E-state index contributed by atoms with van der Waals surface area (Å²) in [5.41, 5.74) is 6.10. The molecule has 1 aliphatic carbocycles. The molecule has 1 aliphatic heterocycles. The van der Waals surface area contributed by atoms with Crippen molar-refractivity contribution in [1.29, 1.82) is 0 Å². The molecule has 6 rings (SSSR count). The van der Waals surface area contributed by atoms with Crippen LogP contribution in [0.3, 0.4) is 0 Å². The fourth-order valence-electron chi connectivity index (χ4n) is 7.15. The minimum Gasteiger partial charge on any atom is -0.355 e. The maximum Gasteiger partial charge on any atom is 0.251 e. The van der Waals surface area contributed by atoms with E-state index in [1.807, 2.05) is 35.4 Å². The summed E-state index contributed by atoms with van der Waals surface area (Å²) in [7, 11) is 1.55. The van der Waals surface area contributed by atoms with E-state index in [9.17, 15) is 9.59 Å². The van der Waals surface area contributed by atoms with Crippen molar-refractivity contribution in [3.63, 3.8) is 0 Å². The van der Waals surface area contributed by atoms with Crippen LogP contribution in [0.1, 0.15) is 80.8 Å². The number of likely N-dealkylation sites (tertiary alicyclic amines) is 1. The van der Waals surface area contributed by atoms with Gasteiger partial charge in [-0.25, -0.2) is 14.4 Å². The molecule has 1 saturated heterocycles. The smallest absolute Gasteiger partial charge is 0.251 e. The van der Waals surface area contributed by atoms with E-state index in [0.717, 1.165) is 54.7 Å². The van der Waals surface area contributed by atoms with E-state index >= 15 is 4.39 Å². The fourth-order valence-corrected chi connectivity index (χ4v) is 7.15. The van der Waals surface area contributed by atoms with E-state index < -0.39 is 5.82 Å². The Kier molecular flexibility index (Phi) is 9.59. The number of amides is 2. The summed E-state index contributed by atoms with van der Waals surface area (Å²) in [6.07, 6.45) is 8.81. The number of fused-ring (bicyclic) bond motifs is 1. The Bertz CT molecular complexity index is 1790. The molecule has 10 heteroatoms. The summed E-state index contributed by atoms with van der Waals surface area (Å²) in [5, 5.41) is 5.83. The van der Waals surface area contributed by atoms with Crippen molar-refractivity contribution in [2.75, 3.05) is 30.4 Å². The Morgan fingerprint density at radius 3 is 2.49 bits per heavy atom. The zero-order chi connectivity index (χ0) is 33.2. The standard InChI is InChI=1S/C37H46FN7O2/c1-6-24-12-13-25(17-33(24)45(34(46)7-2)27-18-26(19-27)44-14-10-9-11-15-44)30-21-32-35(43(8-3)22-40-32)36(41-30)42-31-20-28(37(47)39-5)23(4)16-29(31)38/h12-13,16-17,20-22,26-27H,6-11,14-15,18-19H2,1-5H3,(H,39,47)(H,41,42). The summed E-state index contributed by atoms with van der Waals surface area (Å²) >= 11 is 0. The number of nitrogens with one attached hydrogen (secondary N) is 2. The summed E-state index contributed by atoms with van der Waals surface area (Å²) in [6, 6.07) is 11.8. The van der Waals surface area contributed by atoms with Crippen LogP contribution in [0.2, 0.25) is 0 Å². The molecule has 47 heavy (non-hydrogen) atoms. The van der Waals surface area contributed by atoms with Crippen molar-refractivity contribution >= 4 is 40.0 Å². The van der Waals surface area contributed by atoms with Crippen molar-refractivity contribution in [3.8, 4) is 11.3 Å². The Hall–Kier alpha value is -4.31. The number of rotatable bonds is 10. The van der Waals surface area contributed by atoms with Gasteiger partial charge < -0.3 is 25.0 Å². The first-order chi connectivity index (χ1) is 22.8. The third-order valence-electron chi connectivity index (χ3n) is 9.93. The van der Waals surface area contributed by atoms with Gasteiger partial charge in [-0.05, 0) is 94.4 Å². The van der Waals surface area contributed by atoms with Crippen LogP contribution in [0.25, 0.3) is 22.3 Å². The van der Waals surface area contributed by atoms with Gasteiger partial charge in [-0.15, -0.1) is 0 Å². The lowest BCUT2D eigenvalue weighted by molar-refractivity contribution is -0.119. The second-order valence-electron chi connectivity index (χ2n) is 12.8. The Morgan fingerprint density at radius 2 is 1.81 bits per heavy atom. The van der Waals surface area contributed by atoms with Crippen LogP contribution < -0.4 is 15.5 Å². The molecule has 9 nitrogen and oxygen atoms in total. The van der Waals surface area contributed by atoms with Gasteiger partial charge in [-0.2, -0.15) is 0 Å². The maximum absolute atomic E-state index is 15.3. The van der Waals surface area contributed by atoms with Crippen LogP contribution in [0, 0.1) is 12.7 Å². The lowest BCUT2D eigenvalue weighted by atomic mass is 9.82. The van der Waals surface area contributed by atoms with Crippen molar-refractivity contribution in [2.24, 2.45) is 0 Å². The number of imidazole rings is 1. The molecule has 0 unspecified atom stereocenters. The predicted molar refractivity (Wildman–Crippen MR) is 186 cm³/mol. The number of hydrogen-bond donors (Lipinski definition) is 2. The first-order valence-corrected chi connectivity index (χ1v) is 17.1. The average molecular weight is 640 g/mol. The third-order valence-corrected chi connectivity index (χ3v) is 9.93. The van der Waals surface area contributed by atoms with Crippen LogP contribution in [-0.4, -0.2) is 63.5 Å². The van der Waals surface area contributed by atoms with Crippen LogP contribution in [0.4, 0.5) is 21.6 Å². The quantitative estimate of drug-likeness (QED) is 0.194. The second-order valence-corrected chi connectivity index (χ2v) is 12.8. The number of carbonyl (C=O) groups is 2. The molecule has 0 radical (unpaired) electrons. The van der Waals surface area contributed by atoms with Crippen molar-refractivity contribution in [2.45, 2.75) is 91.3 Å². The number of hydrogen-bond acceptors (Lipinski definition) is 6. The summed E-state index contributed by atoms with van der Waals surface area (Å²) in [4.78, 5) is 40.5. The van der Waals surface area contributed by atoms with E-state index in [2.05, 4.69) is 39.6 Å². The molecule has 2 amide bonds. The van der Waals surface area contributed by atoms with Crippen LogP contribution >= 0.6 is 0 Å². The highest BCUT2D eigenvalue weighted by molar-refractivity contribution is 5.98. The van der Waals surface area contributed by atoms with E-state index in [4.69, 9.17) is 4.98 Å². The molecule has 0 atom stereocenters. The van der Waals surface area contributed by atoms with Crippen LogP contribution in [-0.2, 0) is 17.8 Å². The van der Waals surface area contributed by atoms with Gasteiger partial charge in [0.15, 0.2) is 5.82 Å². The Balaban J connectivity index is 1.39. The number of aromatic nitrogens is 3. The van der Waals surface area contributed by atoms with Crippen LogP contribution in [0.5, 0.6) is 0 Å². The van der Waals surface area contributed by atoms with Gasteiger partial charge in [-0.3, -0.25) is 9.59 Å². The van der Waals surface area contributed by atoms with E-state index in [-0.39, 0.29) is 23.5 Å². The highest BCUT2D eigenvalue weighted by atomic mass is 19.1. The largest absolute Gasteiger partial charge is 0.355 e. The van der Waals surface area contributed by atoms with Gasteiger partial charge in [0.2, 0.25) is 5.91 Å². The Labute approximate surface area is 276 Å². The maximum atomic E-state index is 15.3. The molecular formula is C37H46FN7O2. The molecule has 0 bridgehead atoms. The van der Waals surface area contributed by atoms with Gasteiger partial charge in [0.05, 0.1) is 23.2 Å². The first-order valence-electron chi connectivity index (χ1n) is 17.1. The van der Waals surface area contributed by atoms with Gasteiger partial charge >= 0.3 is 0 Å². The van der Waals surface area contributed by atoms with Crippen LogP contribution in [0.15, 0.2) is 42.7 Å². The van der Waals surface area contributed by atoms with Gasteiger partial charge in [0.1, 0.15) is 11.3 Å². The number of piperidine rings is 1. The highest BCUT2D eigenvalue weighted by Crippen LogP contribution is 2.39. The number of halogens is 1. The number of aryl methyl sites for hydroxylation is 3. The third kappa shape index (κ3) is 6.35.